The van der Waals surface area contributed by atoms with Crippen molar-refractivity contribution in [2.45, 2.75) is 47.0 Å². The van der Waals surface area contributed by atoms with Crippen LogP contribution in [0.25, 0.3) is 10.9 Å². The molecular weight excluding hydrogens is 432 g/mol. The van der Waals surface area contributed by atoms with Gasteiger partial charge in [0.2, 0.25) is 0 Å². The van der Waals surface area contributed by atoms with Crippen LogP contribution < -0.4 is 15.4 Å². The first-order chi connectivity index (χ1) is 16.7. The molecule has 1 aromatic heterocycles. The monoisotopic (exact) mass is 470 g/mol. The minimum Gasteiger partial charge on any atom is -0.489 e. The molecule has 35 heavy (non-hydrogen) atoms. The highest BCUT2D eigenvalue weighted by Gasteiger charge is 2.25. The lowest BCUT2D eigenvalue weighted by Crippen LogP contribution is -2.41. The number of aromatic nitrogens is 1. The average Bonchev–Trinajstić information content (AvgIpc) is 3.24. The van der Waals surface area contributed by atoms with Crippen LogP contribution in [0.3, 0.4) is 0 Å². The second-order valence-corrected chi connectivity index (χ2v) is 9.28. The van der Waals surface area contributed by atoms with Gasteiger partial charge in [-0.1, -0.05) is 69.5 Å². The Labute approximate surface area is 209 Å². The van der Waals surface area contributed by atoms with Gasteiger partial charge in [0.25, 0.3) is 0 Å². The van der Waals surface area contributed by atoms with E-state index in [0.717, 1.165) is 45.7 Å². The molecule has 0 spiro atoms. The van der Waals surface area contributed by atoms with E-state index >= 15 is 0 Å². The van der Waals surface area contributed by atoms with E-state index in [4.69, 9.17) is 10.5 Å². The molecule has 5 nitrogen and oxygen atoms in total. The minimum absolute atomic E-state index is 0.348. The van der Waals surface area contributed by atoms with E-state index in [0.29, 0.717) is 12.5 Å². The third-order valence-electron chi connectivity index (χ3n) is 6.12. The lowest BCUT2D eigenvalue weighted by molar-refractivity contribution is 0.306. The first-order valence-corrected chi connectivity index (χ1v) is 12.0. The van der Waals surface area contributed by atoms with Crippen molar-refractivity contribution in [3.05, 3.63) is 96.1 Å². The standard InChI is InChI=1S/C19H20N4O.C11H18/c1-12-17-15-10-14(24-11-13-6-4-3-5-7-13)8-9-16(15)22-18(17)23(2)19(20)21-12;1-6-10(5)11(7-2)8-9(3)4/h3-10,19,22H,11,20H2,1-2H3;6-7,9H,1-2,8H2,3-5H3/b;11-10+. The lowest BCUT2D eigenvalue weighted by atomic mass is 9.99. The van der Waals surface area contributed by atoms with Crippen LogP contribution in [0.2, 0.25) is 0 Å². The van der Waals surface area contributed by atoms with E-state index in [9.17, 15) is 0 Å². The molecule has 4 rings (SSSR count). The molecule has 1 aliphatic rings. The molecular formula is C30H38N4O. The Hall–Kier alpha value is -3.57. The molecule has 5 heteroatoms. The average molecular weight is 471 g/mol. The number of benzene rings is 2. The molecule has 3 aromatic rings. The molecule has 0 saturated carbocycles. The normalized spacial score (nSPS) is 15.6. The van der Waals surface area contributed by atoms with Gasteiger partial charge in [0.15, 0.2) is 6.29 Å². The number of rotatable bonds is 7. The zero-order valence-electron chi connectivity index (χ0n) is 21.6. The van der Waals surface area contributed by atoms with Gasteiger partial charge < -0.3 is 14.6 Å². The van der Waals surface area contributed by atoms with Crippen LogP contribution in [-0.4, -0.2) is 24.0 Å². The SMILES string of the molecule is C=C/C(C)=C(\C=C)CC(C)C.CC1=NC(N)N(C)c2[nH]c3ccc(OCc4ccccc4)cc3c21. The summed E-state index contributed by atoms with van der Waals surface area (Å²) < 4.78 is 5.95. The Bertz CT molecular complexity index is 1230. The molecule has 2 heterocycles. The third-order valence-corrected chi connectivity index (χ3v) is 6.12. The molecule has 0 saturated heterocycles. The van der Waals surface area contributed by atoms with Gasteiger partial charge >= 0.3 is 0 Å². The van der Waals surface area contributed by atoms with Crippen molar-refractivity contribution < 1.29 is 4.74 Å². The number of nitrogens with two attached hydrogens (primary N) is 1. The van der Waals surface area contributed by atoms with Crippen LogP contribution in [0.4, 0.5) is 5.82 Å². The van der Waals surface area contributed by atoms with Crippen molar-refractivity contribution in [3.63, 3.8) is 0 Å². The molecule has 1 atom stereocenters. The fraction of sp³-hybridized carbons (Fsp3) is 0.300. The summed E-state index contributed by atoms with van der Waals surface area (Å²) in [6.07, 6.45) is 4.57. The second-order valence-electron chi connectivity index (χ2n) is 9.28. The molecule has 0 bridgehead atoms. The molecule has 184 valence electrons. The maximum Gasteiger partial charge on any atom is 0.174 e. The summed E-state index contributed by atoms with van der Waals surface area (Å²) in [5.74, 6) is 2.54. The van der Waals surface area contributed by atoms with Crippen LogP contribution in [0.1, 0.15) is 45.2 Å². The summed E-state index contributed by atoms with van der Waals surface area (Å²) in [7, 11) is 1.95. The molecule has 2 aromatic carbocycles. The second kappa shape index (κ2) is 11.7. The fourth-order valence-corrected chi connectivity index (χ4v) is 4.08. The molecule has 0 radical (unpaired) electrons. The number of hydrogen-bond donors (Lipinski definition) is 2. The van der Waals surface area contributed by atoms with Crippen molar-refractivity contribution in [1.29, 1.82) is 0 Å². The first-order valence-electron chi connectivity index (χ1n) is 12.0. The summed E-state index contributed by atoms with van der Waals surface area (Å²) >= 11 is 0. The number of anilines is 1. The van der Waals surface area contributed by atoms with Crippen molar-refractivity contribution in [2.75, 3.05) is 11.9 Å². The Morgan fingerprint density at radius 2 is 1.89 bits per heavy atom. The van der Waals surface area contributed by atoms with Gasteiger partial charge in [0.05, 0.1) is 0 Å². The largest absolute Gasteiger partial charge is 0.489 e. The maximum absolute atomic E-state index is 6.04. The van der Waals surface area contributed by atoms with Gasteiger partial charge in [0.1, 0.15) is 18.2 Å². The fourth-order valence-electron chi connectivity index (χ4n) is 4.08. The summed E-state index contributed by atoms with van der Waals surface area (Å²) in [5.41, 5.74) is 12.9. The Kier molecular flexibility index (Phi) is 8.72. The summed E-state index contributed by atoms with van der Waals surface area (Å²) in [6, 6.07) is 16.3. The molecule has 0 amide bonds. The first kappa shape index (κ1) is 26.0. The minimum atomic E-state index is -0.348. The van der Waals surface area contributed by atoms with Crippen LogP contribution in [0, 0.1) is 5.92 Å². The van der Waals surface area contributed by atoms with Crippen LogP contribution in [-0.2, 0) is 6.61 Å². The van der Waals surface area contributed by atoms with E-state index in [-0.39, 0.29) is 6.29 Å². The Morgan fingerprint density at radius 3 is 2.51 bits per heavy atom. The summed E-state index contributed by atoms with van der Waals surface area (Å²) in [5, 5.41) is 1.11. The number of nitrogens with zero attached hydrogens (tertiary/aromatic N) is 2. The van der Waals surface area contributed by atoms with E-state index < -0.39 is 0 Å². The maximum atomic E-state index is 6.04. The Morgan fingerprint density at radius 1 is 1.17 bits per heavy atom. The predicted octanol–water partition coefficient (Wildman–Crippen LogP) is 6.97. The van der Waals surface area contributed by atoms with Crippen LogP contribution >= 0.6 is 0 Å². The number of H-pyrrole nitrogens is 1. The number of nitrogens with one attached hydrogen (secondary N) is 1. The van der Waals surface area contributed by atoms with E-state index in [1.165, 1.54) is 11.1 Å². The number of allylic oxidation sites excluding steroid dienone is 4. The van der Waals surface area contributed by atoms with Gasteiger partial charge in [-0.2, -0.15) is 0 Å². The zero-order chi connectivity index (χ0) is 25.5. The molecule has 1 aliphatic heterocycles. The highest BCUT2D eigenvalue weighted by atomic mass is 16.5. The van der Waals surface area contributed by atoms with Crippen LogP contribution in [0.5, 0.6) is 5.75 Å². The number of aromatic amines is 1. The smallest absolute Gasteiger partial charge is 0.174 e. The number of hydrogen-bond acceptors (Lipinski definition) is 4. The van der Waals surface area contributed by atoms with Gasteiger partial charge in [-0.05, 0) is 61.1 Å². The summed E-state index contributed by atoms with van der Waals surface area (Å²) in [6.45, 7) is 16.5. The molecule has 0 fully saturated rings. The van der Waals surface area contributed by atoms with E-state index in [1.54, 1.807) is 0 Å². The van der Waals surface area contributed by atoms with Crippen molar-refractivity contribution in [1.82, 2.24) is 4.98 Å². The number of aliphatic imine (C=N–C) groups is 1. The van der Waals surface area contributed by atoms with Crippen LogP contribution in [0.15, 0.2) is 90.0 Å². The number of fused-ring (bicyclic) bond motifs is 3. The van der Waals surface area contributed by atoms with Crippen molar-refractivity contribution >= 4 is 22.4 Å². The van der Waals surface area contributed by atoms with Gasteiger partial charge in [-0.3, -0.25) is 5.73 Å². The lowest BCUT2D eigenvalue weighted by Gasteiger charge is -2.28. The zero-order valence-corrected chi connectivity index (χ0v) is 21.6. The van der Waals surface area contributed by atoms with Crippen molar-refractivity contribution in [2.24, 2.45) is 16.6 Å². The van der Waals surface area contributed by atoms with Gasteiger partial charge in [-0.15, -0.1) is 0 Å². The number of ether oxygens (including phenoxy) is 1. The van der Waals surface area contributed by atoms with E-state index in [2.05, 4.69) is 62.1 Å². The van der Waals surface area contributed by atoms with E-state index in [1.807, 2.05) is 61.4 Å². The third kappa shape index (κ3) is 6.31. The van der Waals surface area contributed by atoms with Crippen molar-refractivity contribution in [3.8, 4) is 5.75 Å². The predicted molar refractivity (Wildman–Crippen MR) is 150 cm³/mol. The quantitative estimate of drug-likeness (QED) is 0.366. The molecule has 0 aliphatic carbocycles. The highest BCUT2D eigenvalue weighted by Crippen LogP contribution is 2.34. The van der Waals surface area contributed by atoms with Gasteiger partial charge in [-0.25, -0.2) is 4.99 Å². The Balaban J connectivity index is 0.000000266. The highest BCUT2D eigenvalue weighted by molar-refractivity contribution is 6.15. The molecule has 1 unspecified atom stereocenters. The topological polar surface area (TPSA) is 66.6 Å². The summed E-state index contributed by atoms with van der Waals surface area (Å²) in [4.78, 5) is 9.90. The molecule has 3 N–H and O–H groups in total. The van der Waals surface area contributed by atoms with Gasteiger partial charge in [0, 0.05) is 29.2 Å².